The van der Waals surface area contributed by atoms with Crippen LogP contribution in [-0.2, 0) is 6.54 Å². The Morgan fingerprint density at radius 3 is 3.08 bits per heavy atom. The second-order valence-electron chi connectivity index (χ2n) is 2.47. The molecule has 0 aliphatic carbocycles. The molecule has 0 saturated heterocycles. The minimum atomic E-state index is -0.970. The van der Waals surface area contributed by atoms with Crippen LogP contribution in [0.25, 0.3) is 0 Å². The van der Waals surface area contributed by atoms with Crippen LogP contribution >= 0.6 is 11.8 Å². The number of hydrogen-bond donors (Lipinski definition) is 1. The van der Waals surface area contributed by atoms with E-state index in [2.05, 4.69) is 12.0 Å². The van der Waals surface area contributed by atoms with Gasteiger partial charge in [0.15, 0.2) is 5.69 Å². The molecule has 0 amide bonds. The van der Waals surface area contributed by atoms with Gasteiger partial charge in [0.2, 0.25) is 0 Å². The van der Waals surface area contributed by atoms with Crippen LogP contribution in [0.1, 0.15) is 17.4 Å². The molecule has 0 spiro atoms. The summed E-state index contributed by atoms with van der Waals surface area (Å²) in [5, 5.41) is 12.5. The Balaban J connectivity index is 2.44. The summed E-state index contributed by atoms with van der Waals surface area (Å²) in [4.78, 5) is 10.5. The molecule has 5 heteroatoms. The molecule has 72 valence electrons. The topological polar surface area (TPSA) is 55.1 Å². The maximum atomic E-state index is 10.5. The summed E-state index contributed by atoms with van der Waals surface area (Å²) in [6, 6.07) is 1.51. The normalized spacial score (nSPS) is 10.2. The number of carbonyl (C=O) groups is 1. The fourth-order valence-corrected chi connectivity index (χ4v) is 1.51. The van der Waals surface area contributed by atoms with Gasteiger partial charge in [-0.2, -0.15) is 16.9 Å². The van der Waals surface area contributed by atoms with Crippen molar-refractivity contribution in [2.75, 3.05) is 11.5 Å². The lowest BCUT2D eigenvalue weighted by Crippen LogP contribution is -2.04. The third kappa shape index (κ3) is 3.10. The van der Waals surface area contributed by atoms with Crippen molar-refractivity contribution < 1.29 is 9.90 Å². The summed E-state index contributed by atoms with van der Waals surface area (Å²) in [7, 11) is 0. The molecule has 0 atom stereocenters. The Kier molecular flexibility index (Phi) is 3.82. The molecule has 0 aliphatic heterocycles. The summed E-state index contributed by atoms with van der Waals surface area (Å²) in [6.07, 6.45) is 1.69. The van der Waals surface area contributed by atoms with Crippen LogP contribution in [0.5, 0.6) is 0 Å². The molecule has 1 rings (SSSR count). The lowest BCUT2D eigenvalue weighted by Gasteiger charge is -1.98. The zero-order valence-corrected chi connectivity index (χ0v) is 8.25. The van der Waals surface area contributed by atoms with E-state index in [0.29, 0.717) is 0 Å². The van der Waals surface area contributed by atoms with E-state index in [0.717, 1.165) is 18.1 Å². The molecule has 1 N–H and O–H groups in total. The summed E-state index contributed by atoms with van der Waals surface area (Å²) >= 11 is 1.81. The Hall–Kier alpha value is -0.970. The van der Waals surface area contributed by atoms with Crippen molar-refractivity contribution in [2.24, 2.45) is 0 Å². The maximum Gasteiger partial charge on any atom is 0.356 e. The first-order chi connectivity index (χ1) is 6.24. The quantitative estimate of drug-likeness (QED) is 0.729. The third-order valence-corrected chi connectivity index (χ3v) is 2.41. The fraction of sp³-hybridized carbons (Fsp3) is 0.500. The molecule has 0 aromatic carbocycles. The summed E-state index contributed by atoms with van der Waals surface area (Å²) in [5.74, 6) is 1.08. The Morgan fingerprint density at radius 2 is 2.54 bits per heavy atom. The smallest absolute Gasteiger partial charge is 0.356 e. The van der Waals surface area contributed by atoms with Crippen LogP contribution in [0, 0.1) is 0 Å². The average Bonchev–Trinajstić information content (AvgIpc) is 2.53. The van der Waals surface area contributed by atoms with E-state index in [1.807, 2.05) is 11.8 Å². The first-order valence-electron chi connectivity index (χ1n) is 4.08. The van der Waals surface area contributed by atoms with Gasteiger partial charge in [-0.05, 0) is 11.8 Å². The number of aromatic carboxylic acids is 1. The highest BCUT2D eigenvalue weighted by Crippen LogP contribution is 2.01. The number of nitrogens with zero attached hydrogens (tertiary/aromatic N) is 2. The molecular formula is C8H12N2O2S. The maximum absolute atomic E-state index is 10.5. The predicted molar refractivity (Wildman–Crippen MR) is 52.2 cm³/mol. The predicted octanol–water partition coefficient (Wildman–Crippen LogP) is 1.33. The first kappa shape index (κ1) is 10.1. The second kappa shape index (κ2) is 4.91. The third-order valence-electron chi connectivity index (χ3n) is 1.53. The van der Waals surface area contributed by atoms with Crippen molar-refractivity contribution in [2.45, 2.75) is 13.5 Å². The standard InChI is InChI=1S/C8H12N2O2S/c1-2-13-6-5-10-4-3-7(9-10)8(11)12/h3-4H,2,5-6H2,1H3,(H,11,12). The van der Waals surface area contributed by atoms with Crippen molar-refractivity contribution in [1.29, 1.82) is 0 Å². The Morgan fingerprint density at radius 1 is 1.77 bits per heavy atom. The van der Waals surface area contributed by atoms with Gasteiger partial charge in [-0.15, -0.1) is 0 Å². The molecule has 0 aliphatic rings. The van der Waals surface area contributed by atoms with Crippen LogP contribution in [-0.4, -0.2) is 32.4 Å². The summed E-state index contributed by atoms with van der Waals surface area (Å²) in [6.45, 7) is 2.86. The second-order valence-corrected chi connectivity index (χ2v) is 3.86. The van der Waals surface area contributed by atoms with E-state index in [-0.39, 0.29) is 5.69 Å². The van der Waals surface area contributed by atoms with Gasteiger partial charge >= 0.3 is 5.97 Å². The largest absolute Gasteiger partial charge is 0.476 e. The van der Waals surface area contributed by atoms with E-state index >= 15 is 0 Å². The minimum absolute atomic E-state index is 0.112. The summed E-state index contributed by atoms with van der Waals surface area (Å²) in [5.41, 5.74) is 0.112. The lowest BCUT2D eigenvalue weighted by molar-refractivity contribution is 0.0689. The molecule has 0 bridgehead atoms. The van der Waals surface area contributed by atoms with Crippen molar-refractivity contribution in [1.82, 2.24) is 9.78 Å². The van der Waals surface area contributed by atoms with E-state index in [9.17, 15) is 4.79 Å². The zero-order chi connectivity index (χ0) is 9.68. The Bertz CT molecular complexity index is 285. The van der Waals surface area contributed by atoms with Gasteiger partial charge in [-0.1, -0.05) is 6.92 Å². The van der Waals surface area contributed by atoms with Gasteiger partial charge in [0.1, 0.15) is 0 Å². The van der Waals surface area contributed by atoms with Gasteiger partial charge < -0.3 is 5.11 Å². The van der Waals surface area contributed by atoms with Gasteiger partial charge in [0.25, 0.3) is 0 Å². The number of aryl methyl sites for hydroxylation is 1. The van der Waals surface area contributed by atoms with E-state index < -0.39 is 5.97 Å². The molecule has 1 heterocycles. The van der Waals surface area contributed by atoms with Crippen LogP contribution in [0.15, 0.2) is 12.3 Å². The van der Waals surface area contributed by atoms with Crippen molar-refractivity contribution in [3.05, 3.63) is 18.0 Å². The highest BCUT2D eigenvalue weighted by Gasteiger charge is 2.05. The lowest BCUT2D eigenvalue weighted by atomic mass is 10.5. The zero-order valence-electron chi connectivity index (χ0n) is 7.43. The number of thioether (sulfide) groups is 1. The monoisotopic (exact) mass is 200 g/mol. The van der Waals surface area contributed by atoms with Crippen molar-refractivity contribution in [3.8, 4) is 0 Å². The van der Waals surface area contributed by atoms with Crippen LogP contribution in [0.3, 0.4) is 0 Å². The Labute approximate surface area is 80.9 Å². The van der Waals surface area contributed by atoms with Crippen molar-refractivity contribution >= 4 is 17.7 Å². The average molecular weight is 200 g/mol. The fourth-order valence-electron chi connectivity index (χ4n) is 0.903. The molecule has 0 saturated carbocycles. The number of carboxylic acid groups (broad SMARTS) is 1. The molecule has 0 fully saturated rings. The van der Waals surface area contributed by atoms with Crippen LogP contribution < -0.4 is 0 Å². The molecule has 0 unspecified atom stereocenters. The van der Waals surface area contributed by atoms with Gasteiger partial charge in [0.05, 0.1) is 0 Å². The van der Waals surface area contributed by atoms with E-state index in [4.69, 9.17) is 5.11 Å². The number of aromatic nitrogens is 2. The number of carboxylic acids is 1. The minimum Gasteiger partial charge on any atom is -0.476 e. The molecule has 1 aromatic heterocycles. The first-order valence-corrected chi connectivity index (χ1v) is 5.24. The molecule has 4 nitrogen and oxygen atoms in total. The molecular weight excluding hydrogens is 188 g/mol. The van der Waals surface area contributed by atoms with Gasteiger partial charge in [-0.25, -0.2) is 4.79 Å². The summed E-state index contributed by atoms with van der Waals surface area (Å²) < 4.78 is 1.66. The SMILES string of the molecule is CCSCCn1ccc(C(=O)O)n1. The van der Waals surface area contributed by atoms with Crippen LogP contribution in [0.2, 0.25) is 0 Å². The van der Waals surface area contributed by atoms with Crippen molar-refractivity contribution in [3.63, 3.8) is 0 Å². The van der Waals surface area contributed by atoms with Gasteiger partial charge in [0, 0.05) is 18.5 Å². The van der Waals surface area contributed by atoms with E-state index in [1.165, 1.54) is 6.07 Å². The molecule has 0 radical (unpaired) electrons. The van der Waals surface area contributed by atoms with E-state index in [1.54, 1.807) is 10.9 Å². The molecule has 13 heavy (non-hydrogen) atoms. The highest BCUT2D eigenvalue weighted by molar-refractivity contribution is 7.99. The molecule has 1 aromatic rings. The highest BCUT2D eigenvalue weighted by atomic mass is 32.2. The number of hydrogen-bond acceptors (Lipinski definition) is 3. The van der Waals surface area contributed by atoms with Crippen LogP contribution in [0.4, 0.5) is 0 Å². The number of rotatable bonds is 5. The van der Waals surface area contributed by atoms with Gasteiger partial charge in [-0.3, -0.25) is 4.68 Å².